The highest BCUT2D eigenvalue weighted by atomic mass is 35.5. The number of hydrogen-bond donors (Lipinski definition) is 2. The Kier molecular flexibility index (Phi) is 3.82. The van der Waals surface area contributed by atoms with Crippen molar-refractivity contribution in [2.24, 2.45) is 5.84 Å². The van der Waals surface area contributed by atoms with Crippen molar-refractivity contribution in [3.8, 4) is 0 Å². The summed E-state index contributed by atoms with van der Waals surface area (Å²) in [4.78, 5) is 0. The van der Waals surface area contributed by atoms with Crippen molar-refractivity contribution in [3.63, 3.8) is 0 Å². The molecule has 0 radical (unpaired) electrons. The lowest BCUT2D eigenvalue weighted by Crippen LogP contribution is -2.24. The van der Waals surface area contributed by atoms with Crippen molar-refractivity contribution in [1.29, 1.82) is 0 Å². The van der Waals surface area contributed by atoms with Gasteiger partial charge in [-0.1, -0.05) is 35.3 Å². The molecule has 1 rings (SSSR count). The van der Waals surface area contributed by atoms with E-state index in [0.717, 1.165) is 12.0 Å². The van der Waals surface area contributed by atoms with Gasteiger partial charge in [0, 0.05) is 6.54 Å². The second-order valence-electron chi connectivity index (χ2n) is 2.42. The first-order chi connectivity index (χ1) is 5.75. The number of hydrogen-bond acceptors (Lipinski definition) is 2. The summed E-state index contributed by atoms with van der Waals surface area (Å²) in [5.74, 6) is 5.14. The minimum absolute atomic E-state index is 0.589. The monoisotopic (exact) mass is 204 g/mol. The number of halogens is 2. The maximum atomic E-state index is 5.93. The van der Waals surface area contributed by atoms with Crippen LogP contribution in [0.3, 0.4) is 0 Å². The number of nitrogens with one attached hydrogen (secondary N) is 1. The third-order valence-electron chi connectivity index (χ3n) is 1.57. The molecule has 1 aromatic carbocycles. The van der Waals surface area contributed by atoms with Crippen molar-refractivity contribution >= 4 is 23.2 Å². The van der Waals surface area contributed by atoms with Gasteiger partial charge in [0.1, 0.15) is 0 Å². The zero-order chi connectivity index (χ0) is 8.97. The van der Waals surface area contributed by atoms with Crippen molar-refractivity contribution in [2.45, 2.75) is 6.42 Å². The fraction of sp³-hybridized carbons (Fsp3) is 0.250. The predicted molar refractivity (Wildman–Crippen MR) is 52.4 cm³/mol. The molecule has 0 heterocycles. The van der Waals surface area contributed by atoms with Gasteiger partial charge in [-0.15, -0.1) is 0 Å². The number of hydrazine groups is 1. The van der Waals surface area contributed by atoms with E-state index < -0.39 is 0 Å². The second kappa shape index (κ2) is 4.67. The summed E-state index contributed by atoms with van der Waals surface area (Å²) in [6.45, 7) is 0.695. The molecule has 0 bridgehead atoms. The van der Waals surface area contributed by atoms with Crippen LogP contribution in [0.5, 0.6) is 0 Å². The van der Waals surface area contributed by atoms with Gasteiger partial charge >= 0.3 is 0 Å². The SMILES string of the molecule is NNCCc1cccc(Cl)c1Cl. The van der Waals surface area contributed by atoms with Gasteiger partial charge in [0.2, 0.25) is 0 Å². The van der Waals surface area contributed by atoms with Crippen LogP contribution < -0.4 is 11.3 Å². The first-order valence-corrected chi connectivity index (χ1v) is 4.37. The summed E-state index contributed by atoms with van der Waals surface area (Å²) in [7, 11) is 0. The largest absolute Gasteiger partial charge is 0.271 e. The number of rotatable bonds is 3. The van der Waals surface area contributed by atoms with Crippen LogP contribution in [0, 0.1) is 0 Å². The summed E-state index contributed by atoms with van der Waals surface area (Å²) in [6.07, 6.45) is 0.788. The van der Waals surface area contributed by atoms with Crippen LogP contribution in [0.2, 0.25) is 10.0 Å². The van der Waals surface area contributed by atoms with Crippen molar-refractivity contribution < 1.29 is 0 Å². The van der Waals surface area contributed by atoms with Crippen molar-refractivity contribution in [1.82, 2.24) is 5.43 Å². The summed E-state index contributed by atoms with van der Waals surface area (Å²) in [6, 6.07) is 5.58. The molecule has 12 heavy (non-hydrogen) atoms. The second-order valence-corrected chi connectivity index (χ2v) is 3.20. The average molecular weight is 205 g/mol. The average Bonchev–Trinajstić information content (AvgIpc) is 2.08. The first kappa shape index (κ1) is 9.81. The molecule has 3 N–H and O–H groups in total. The molecule has 66 valence electrons. The van der Waals surface area contributed by atoms with E-state index in [2.05, 4.69) is 5.43 Å². The van der Waals surface area contributed by atoms with Crippen LogP contribution in [-0.4, -0.2) is 6.54 Å². The van der Waals surface area contributed by atoms with E-state index in [1.54, 1.807) is 6.07 Å². The molecule has 0 aliphatic carbocycles. The summed E-state index contributed by atoms with van der Waals surface area (Å²) in [5.41, 5.74) is 3.58. The lowest BCUT2D eigenvalue weighted by molar-refractivity contribution is 0.728. The Hall–Kier alpha value is -0.280. The molecular weight excluding hydrogens is 195 g/mol. The van der Waals surface area contributed by atoms with E-state index >= 15 is 0 Å². The van der Waals surface area contributed by atoms with Gasteiger partial charge in [0.05, 0.1) is 10.0 Å². The Morgan fingerprint density at radius 2 is 2.08 bits per heavy atom. The molecule has 0 aliphatic rings. The highest BCUT2D eigenvalue weighted by molar-refractivity contribution is 6.42. The van der Waals surface area contributed by atoms with E-state index in [4.69, 9.17) is 29.0 Å². The predicted octanol–water partition coefficient (Wildman–Crippen LogP) is 2.00. The summed E-state index contributed by atoms with van der Waals surface area (Å²) in [5, 5.41) is 1.21. The Labute approximate surface area is 81.6 Å². The molecule has 0 atom stereocenters. The highest BCUT2D eigenvalue weighted by Gasteiger charge is 2.02. The molecule has 2 nitrogen and oxygen atoms in total. The molecule has 0 saturated heterocycles. The molecule has 0 fully saturated rings. The fourth-order valence-corrected chi connectivity index (χ4v) is 1.36. The molecule has 0 spiro atoms. The first-order valence-electron chi connectivity index (χ1n) is 3.62. The molecule has 0 saturated carbocycles. The number of benzene rings is 1. The Morgan fingerprint density at radius 3 is 2.75 bits per heavy atom. The molecule has 0 unspecified atom stereocenters. The standard InChI is InChI=1S/C8H10Cl2N2/c9-7-3-1-2-6(8(7)10)4-5-12-11/h1-3,12H,4-5,11H2. The number of nitrogens with two attached hydrogens (primary N) is 1. The van der Waals surface area contributed by atoms with E-state index in [-0.39, 0.29) is 0 Å². The minimum Gasteiger partial charge on any atom is -0.271 e. The maximum absolute atomic E-state index is 5.93. The summed E-state index contributed by atoms with van der Waals surface area (Å²) >= 11 is 11.7. The molecule has 0 aliphatic heterocycles. The van der Waals surface area contributed by atoms with E-state index in [0.29, 0.717) is 16.6 Å². The molecule has 0 amide bonds. The molecule has 4 heteroatoms. The van der Waals surface area contributed by atoms with Crippen LogP contribution >= 0.6 is 23.2 Å². The van der Waals surface area contributed by atoms with E-state index in [9.17, 15) is 0 Å². The lowest BCUT2D eigenvalue weighted by atomic mass is 10.1. The maximum Gasteiger partial charge on any atom is 0.0624 e. The van der Waals surface area contributed by atoms with Gasteiger partial charge in [-0.2, -0.15) is 0 Å². The van der Waals surface area contributed by atoms with Crippen LogP contribution in [0.1, 0.15) is 5.56 Å². The van der Waals surface area contributed by atoms with Crippen LogP contribution in [-0.2, 0) is 6.42 Å². The summed E-state index contributed by atoms with van der Waals surface area (Å²) < 4.78 is 0. The van der Waals surface area contributed by atoms with Gasteiger partial charge < -0.3 is 0 Å². The Bertz CT molecular complexity index is 263. The Morgan fingerprint density at radius 1 is 1.33 bits per heavy atom. The van der Waals surface area contributed by atoms with E-state index in [1.807, 2.05) is 12.1 Å². The minimum atomic E-state index is 0.589. The Balaban J connectivity index is 2.78. The fourth-order valence-electron chi connectivity index (χ4n) is 0.948. The van der Waals surface area contributed by atoms with Gasteiger partial charge in [-0.3, -0.25) is 11.3 Å². The zero-order valence-electron chi connectivity index (χ0n) is 6.48. The van der Waals surface area contributed by atoms with Crippen LogP contribution in [0.15, 0.2) is 18.2 Å². The van der Waals surface area contributed by atoms with Crippen molar-refractivity contribution in [3.05, 3.63) is 33.8 Å². The smallest absolute Gasteiger partial charge is 0.0624 e. The van der Waals surface area contributed by atoms with E-state index in [1.165, 1.54) is 0 Å². The van der Waals surface area contributed by atoms with Gasteiger partial charge in [-0.05, 0) is 18.1 Å². The van der Waals surface area contributed by atoms with Crippen LogP contribution in [0.25, 0.3) is 0 Å². The quantitative estimate of drug-likeness (QED) is 0.585. The molecule has 1 aromatic rings. The topological polar surface area (TPSA) is 38.0 Å². The normalized spacial score (nSPS) is 10.2. The van der Waals surface area contributed by atoms with Gasteiger partial charge in [0.15, 0.2) is 0 Å². The third-order valence-corrected chi connectivity index (χ3v) is 2.43. The van der Waals surface area contributed by atoms with Crippen LogP contribution in [0.4, 0.5) is 0 Å². The molecule has 0 aromatic heterocycles. The zero-order valence-corrected chi connectivity index (χ0v) is 7.99. The molecular formula is C8H10Cl2N2. The highest BCUT2D eigenvalue weighted by Crippen LogP contribution is 2.25. The third kappa shape index (κ3) is 2.35. The van der Waals surface area contributed by atoms with Gasteiger partial charge in [-0.25, -0.2) is 0 Å². The van der Waals surface area contributed by atoms with Crippen molar-refractivity contribution in [2.75, 3.05) is 6.54 Å². The van der Waals surface area contributed by atoms with Gasteiger partial charge in [0.25, 0.3) is 0 Å². The lowest BCUT2D eigenvalue weighted by Gasteiger charge is -2.04.